The number of halogens is 2. The van der Waals surface area contributed by atoms with E-state index in [4.69, 9.17) is 0 Å². The Hall–Kier alpha value is -9.46. The number of imidazole rings is 1. The standard InChI is InChI=1S/C56H64F2N12O12/c1-33(64-45(72)22-34-14-17-59-18-15-34)52(79)66-42(25-38-27-60-32-63-38)54(81)67-43(26-50(77)78)55(82)65-41(53(80)62-20-19-61-46(73)30-70-47(74)12-13-48(70)75)16-21-69(49(76)31-71)51(56(2,3)4)44-23-36(39-24-37(57)10-11-40(39)58)29-68(44)28-35-8-6-5-7-9-35/h5-15,17-18,23-24,27,29,32-33,41-43,51,71H,16,19-22,25-26,28,30-31H2,1-4H3,(H,60,63)(H,61,73)(H,62,80)(H,64,72)(H,65,82)(H,66,79)(H,67,81)(H,77,78)/t33-,41-,42+,43-,51-/m0/s1. The van der Waals surface area contributed by atoms with Crippen LogP contribution in [0, 0.1) is 17.0 Å². The first-order valence-electron chi connectivity index (χ1n) is 26.0. The van der Waals surface area contributed by atoms with Crippen molar-refractivity contribution in [2.45, 2.75) is 90.1 Å². The molecule has 82 heavy (non-hydrogen) atoms. The van der Waals surface area contributed by atoms with Gasteiger partial charge in [0, 0.05) is 86.4 Å². The lowest BCUT2D eigenvalue weighted by Crippen LogP contribution is -2.59. The van der Waals surface area contributed by atoms with E-state index in [-0.39, 0.29) is 49.3 Å². The van der Waals surface area contributed by atoms with E-state index in [1.165, 1.54) is 36.7 Å². The smallest absolute Gasteiger partial charge is 0.305 e. The van der Waals surface area contributed by atoms with Gasteiger partial charge in [-0.1, -0.05) is 51.1 Å². The highest BCUT2D eigenvalue weighted by Crippen LogP contribution is 2.41. The summed E-state index contributed by atoms with van der Waals surface area (Å²) in [5.41, 5.74) is 1.29. The Bertz CT molecular complexity index is 3130. The zero-order chi connectivity index (χ0) is 59.7. The number of carboxylic acids is 1. The van der Waals surface area contributed by atoms with Gasteiger partial charge in [0.1, 0.15) is 49.0 Å². The number of H-pyrrole nitrogens is 1. The Kier molecular flexibility index (Phi) is 21.5. The van der Waals surface area contributed by atoms with E-state index in [1.807, 2.05) is 18.2 Å². The molecule has 2 aromatic carbocycles. The Balaban J connectivity index is 1.28. The third-order valence-electron chi connectivity index (χ3n) is 13.0. The number of pyridine rings is 1. The summed E-state index contributed by atoms with van der Waals surface area (Å²) in [5, 5.41) is 35.5. The van der Waals surface area contributed by atoms with E-state index in [0.717, 1.165) is 35.9 Å². The van der Waals surface area contributed by atoms with Gasteiger partial charge in [-0.2, -0.15) is 0 Å². The van der Waals surface area contributed by atoms with Crippen LogP contribution in [0.1, 0.15) is 69.1 Å². The van der Waals surface area contributed by atoms with E-state index in [0.29, 0.717) is 16.2 Å². The predicted molar refractivity (Wildman–Crippen MR) is 289 cm³/mol. The number of aliphatic hydroxyl groups is 1. The molecular formula is C56H64F2N12O12. The fraction of sp³-hybridized carbons (Fsp3) is 0.357. The van der Waals surface area contributed by atoms with E-state index < -0.39 is 139 Å². The summed E-state index contributed by atoms with van der Waals surface area (Å²) in [6.45, 7) is 4.20. The predicted octanol–water partition coefficient (Wildman–Crippen LogP) is 0.975. The SMILES string of the molecule is C[C@H](NC(=O)Cc1ccncc1)C(=O)N[C@H](Cc1c[nH]cn1)C(=O)N[C@@H](CC(=O)O)C(=O)N[C@@H](CCN(C(=O)CO)[C@@H](c1cc(-c2cc(F)ccc2F)cn1Cc1ccccc1)C(C)(C)C)C(=O)NCCNC(=O)CN1C(=O)C=CC1=O. The van der Waals surface area contributed by atoms with E-state index in [9.17, 15) is 62.5 Å². The second-order valence-electron chi connectivity index (χ2n) is 20.3. The number of nitrogens with zero attached hydrogens (tertiary/aromatic N) is 5. The molecule has 0 aliphatic carbocycles. The van der Waals surface area contributed by atoms with Crippen molar-refractivity contribution in [2.75, 3.05) is 32.8 Å². The van der Waals surface area contributed by atoms with Crippen molar-refractivity contribution >= 4 is 59.1 Å². The van der Waals surface area contributed by atoms with Gasteiger partial charge in [-0.25, -0.2) is 13.8 Å². The van der Waals surface area contributed by atoms with Crippen LogP contribution < -0.4 is 31.9 Å². The van der Waals surface area contributed by atoms with Gasteiger partial charge in [-0.05, 0) is 66.3 Å². The molecule has 434 valence electrons. The first-order valence-corrected chi connectivity index (χ1v) is 26.0. The average molecular weight is 1140 g/mol. The molecule has 0 spiro atoms. The van der Waals surface area contributed by atoms with Crippen LogP contribution in [-0.2, 0) is 67.3 Å². The fourth-order valence-electron chi connectivity index (χ4n) is 9.03. The maximum Gasteiger partial charge on any atom is 0.305 e. The van der Waals surface area contributed by atoms with Gasteiger partial charge in [-0.3, -0.25) is 57.8 Å². The lowest BCUT2D eigenvalue weighted by atomic mass is 9.82. The zero-order valence-corrected chi connectivity index (χ0v) is 45.3. The van der Waals surface area contributed by atoms with Crippen LogP contribution in [0.3, 0.4) is 0 Å². The normalized spacial score (nSPS) is 14.0. The van der Waals surface area contributed by atoms with E-state index in [2.05, 4.69) is 46.9 Å². The summed E-state index contributed by atoms with van der Waals surface area (Å²) in [7, 11) is 0. The van der Waals surface area contributed by atoms with Crippen LogP contribution >= 0.6 is 0 Å². The molecule has 9 amide bonds. The number of carbonyl (C=O) groups is 10. The third-order valence-corrected chi connectivity index (χ3v) is 13.0. The number of aromatic nitrogens is 4. The summed E-state index contributed by atoms with van der Waals surface area (Å²) >= 11 is 0. The molecule has 0 bridgehead atoms. The average Bonchev–Trinajstić information content (AvgIpc) is 4.30. The zero-order valence-electron chi connectivity index (χ0n) is 45.3. The maximum atomic E-state index is 15.5. The number of carboxylic acid groups (broad SMARTS) is 1. The largest absolute Gasteiger partial charge is 0.481 e. The monoisotopic (exact) mass is 1130 g/mol. The Labute approximate surface area is 469 Å². The summed E-state index contributed by atoms with van der Waals surface area (Å²) in [6, 6.07) is 9.51. The quantitative estimate of drug-likeness (QED) is 0.0249. The molecule has 1 aliphatic heterocycles. The molecule has 0 fully saturated rings. The summed E-state index contributed by atoms with van der Waals surface area (Å²) in [5.74, 6) is -10.6. The van der Waals surface area contributed by atoms with Crippen molar-refractivity contribution in [3.05, 3.63) is 144 Å². The van der Waals surface area contributed by atoms with Gasteiger partial charge < -0.3 is 56.6 Å². The Morgan fingerprint density at radius 2 is 1.43 bits per heavy atom. The number of aromatic amines is 1. The molecule has 0 saturated carbocycles. The number of rotatable bonds is 28. The molecule has 5 atom stereocenters. The number of imide groups is 1. The van der Waals surface area contributed by atoms with E-state index in [1.54, 1.807) is 61.9 Å². The van der Waals surface area contributed by atoms with Crippen LogP contribution in [0.15, 0.2) is 110 Å². The highest BCUT2D eigenvalue weighted by Gasteiger charge is 2.39. The lowest BCUT2D eigenvalue weighted by molar-refractivity contribution is -0.142. The summed E-state index contributed by atoms with van der Waals surface area (Å²) in [6.07, 6.45) is 7.39. The van der Waals surface area contributed by atoms with Gasteiger partial charge in [0.15, 0.2) is 0 Å². The number of carbonyl (C=O) groups excluding carboxylic acids is 9. The number of nitrogens with one attached hydrogen (secondary N) is 7. The molecule has 1 aliphatic rings. The van der Waals surface area contributed by atoms with Crippen LogP contribution in [0.2, 0.25) is 0 Å². The highest BCUT2D eigenvalue weighted by atomic mass is 19.1. The van der Waals surface area contributed by atoms with Crippen molar-refractivity contribution in [3.8, 4) is 11.1 Å². The van der Waals surface area contributed by atoms with Crippen LogP contribution in [0.25, 0.3) is 11.1 Å². The fourth-order valence-corrected chi connectivity index (χ4v) is 9.03. The second kappa shape index (κ2) is 28.6. The highest BCUT2D eigenvalue weighted by molar-refractivity contribution is 6.14. The number of benzene rings is 2. The molecule has 9 N–H and O–H groups in total. The van der Waals surface area contributed by atoms with Crippen LogP contribution in [-0.4, -0.2) is 156 Å². The minimum absolute atomic E-state index is 0.0832. The number of amides is 9. The summed E-state index contributed by atoms with van der Waals surface area (Å²) < 4.78 is 31.9. The molecule has 0 unspecified atom stereocenters. The van der Waals surface area contributed by atoms with Crippen molar-refractivity contribution in [3.63, 3.8) is 0 Å². The lowest BCUT2D eigenvalue weighted by Gasteiger charge is -2.41. The number of aliphatic hydroxyl groups excluding tert-OH is 1. The molecule has 0 radical (unpaired) electrons. The maximum absolute atomic E-state index is 15.5. The number of hydrogen-bond donors (Lipinski definition) is 9. The Morgan fingerprint density at radius 3 is 2.07 bits per heavy atom. The van der Waals surface area contributed by atoms with Gasteiger partial charge >= 0.3 is 5.97 Å². The third kappa shape index (κ3) is 17.5. The second-order valence-corrected chi connectivity index (χ2v) is 20.3. The molecule has 3 aromatic heterocycles. The minimum Gasteiger partial charge on any atom is -0.481 e. The summed E-state index contributed by atoms with van der Waals surface area (Å²) in [4.78, 5) is 145. The molecule has 26 heteroatoms. The van der Waals surface area contributed by atoms with Crippen molar-refractivity contribution < 1.29 is 66.9 Å². The number of hydrogen-bond acceptors (Lipinski definition) is 13. The van der Waals surface area contributed by atoms with Crippen molar-refractivity contribution in [1.82, 2.24) is 61.2 Å². The first-order chi connectivity index (χ1) is 39.0. The van der Waals surface area contributed by atoms with E-state index >= 15 is 4.39 Å². The van der Waals surface area contributed by atoms with Gasteiger partial charge in [-0.15, -0.1) is 0 Å². The minimum atomic E-state index is -1.94. The first kappa shape index (κ1) is 61.7. The molecule has 24 nitrogen and oxygen atoms in total. The Morgan fingerprint density at radius 1 is 0.768 bits per heavy atom. The van der Waals surface area contributed by atoms with Crippen LogP contribution in [0.5, 0.6) is 0 Å². The van der Waals surface area contributed by atoms with Crippen molar-refractivity contribution in [1.29, 1.82) is 0 Å². The van der Waals surface area contributed by atoms with Gasteiger partial charge in [0.05, 0.1) is 30.9 Å². The topological polar surface area (TPSA) is 336 Å². The molecule has 0 saturated heterocycles. The van der Waals surface area contributed by atoms with Crippen LogP contribution in [0.4, 0.5) is 8.78 Å². The molecule has 6 rings (SSSR count). The molecule has 5 aromatic rings. The van der Waals surface area contributed by atoms with Gasteiger partial charge in [0.2, 0.25) is 41.4 Å². The van der Waals surface area contributed by atoms with Gasteiger partial charge in [0.25, 0.3) is 11.8 Å². The number of aliphatic carboxylic acids is 1. The van der Waals surface area contributed by atoms with Crippen molar-refractivity contribution in [2.24, 2.45) is 5.41 Å². The molecular weight excluding hydrogens is 1070 g/mol. The molecule has 4 heterocycles.